The molecule has 2 atom stereocenters. The van der Waals surface area contributed by atoms with Crippen LogP contribution in [-0.2, 0) is 11.2 Å². The van der Waals surface area contributed by atoms with Crippen LogP contribution in [0.3, 0.4) is 0 Å². The second-order valence-electron chi connectivity index (χ2n) is 6.78. The molecule has 0 unspecified atom stereocenters. The predicted molar refractivity (Wildman–Crippen MR) is 90.6 cm³/mol. The Morgan fingerprint density at radius 2 is 2.04 bits per heavy atom. The smallest absolute Gasteiger partial charge is 0.224 e. The number of rotatable bonds is 4. The summed E-state index contributed by atoms with van der Waals surface area (Å²) in [7, 11) is 1.63. The van der Waals surface area contributed by atoms with E-state index in [4.69, 9.17) is 9.15 Å². The highest BCUT2D eigenvalue weighted by Gasteiger charge is 2.29. The first kappa shape index (κ1) is 15.9. The molecule has 1 aliphatic carbocycles. The molecule has 1 fully saturated rings. The van der Waals surface area contributed by atoms with Gasteiger partial charge < -0.3 is 14.5 Å². The maximum atomic E-state index is 12.5. The van der Waals surface area contributed by atoms with Gasteiger partial charge in [0.05, 0.1) is 19.8 Å². The van der Waals surface area contributed by atoms with Crippen LogP contribution < -0.4 is 10.1 Å². The van der Waals surface area contributed by atoms with Crippen LogP contribution >= 0.6 is 0 Å². The summed E-state index contributed by atoms with van der Waals surface area (Å²) >= 11 is 0. The number of fused-ring (bicyclic) bond motifs is 1. The number of amides is 1. The lowest BCUT2D eigenvalue weighted by atomic mass is 9.78. The van der Waals surface area contributed by atoms with Crippen molar-refractivity contribution in [3.8, 4) is 5.75 Å². The van der Waals surface area contributed by atoms with Crippen molar-refractivity contribution >= 4 is 16.9 Å². The molecule has 1 N–H and O–H groups in total. The SMILES string of the molecule is COc1ccc2c(CC(=O)NC3[C@H](C)CCC[C@H]3C)coc2c1. The average molecular weight is 315 g/mol. The van der Waals surface area contributed by atoms with Gasteiger partial charge in [0.1, 0.15) is 11.3 Å². The van der Waals surface area contributed by atoms with Gasteiger partial charge in [-0.2, -0.15) is 0 Å². The van der Waals surface area contributed by atoms with Gasteiger partial charge in [-0.1, -0.05) is 20.3 Å². The number of hydrogen-bond acceptors (Lipinski definition) is 3. The minimum Gasteiger partial charge on any atom is -0.497 e. The fraction of sp³-hybridized carbons (Fsp3) is 0.526. The molecule has 0 radical (unpaired) electrons. The highest BCUT2D eigenvalue weighted by atomic mass is 16.5. The maximum absolute atomic E-state index is 12.5. The number of nitrogens with one attached hydrogen (secondary N) is 1. The van der Waals surface area contributed by atoms with Crippen molar-refractivity contribution in [3.63, 3.8) is 0 Å². The quantitative estimate of drug-likeness (QED) is 0.930. The first-order valence-electron chi connectivity index (χ1n) is 8.42. The minimum atomic E-state index is 0.0779. The number of carbonyl (C=O) groups excluding carboxylic acids is 1. The van der Waals surface area contributed by atoms with E-state index in [-0.39, 0.29) is 11.9 Å². The minimum absolute atomic E-state index is 0.0779. The summed E-state index contributed by atoms with van der Waals surface area (Å²) in [5.74, 6) is 1.93. The van der Waals surface area contributed by atoms with Crippen LogP contribution in [0, 0.1) is 11.8 Å². The number of hydrogen-bond donors (Lipinski definition) is 1. The van der Waals surface area contributed by atoms with Gasteiger partial charge in [-0.05, 0) is 36.8 Å². The number of ether oxygens (including phenoxy) is 1. The molecule has 2 aromatic rings. The summed E-state index contributed by atoms with van der Waals surface area (Å²) in [5, 5.41) is 4.22. The van der Waals surface area contributed by atoms with Crippen LogP contribution in [0.1, 0.15) is 38.7 Å². The second-order valence-corrected chi connectivity index (χ2v) is 6.78. The Bertz CT molecular complexity index is 681. The third-order valence-electron chi connectivity index (χ3n) is 5.09. The monoisotopic (exact) mass is 315 g/mol. The molecule has 1 aliphatic rings. The molecular weight excluding hydrogens is 290 g/mol. The van der Waals surface area contributed by atoms with E-state index in [9.17, 15) is 4.79 Å². The second kappa shape index (κ2) is 6.65. The first-order valence-corrected chi connectivity index (χ1v) is 8.42. The van der Waals surface area contributed by atoms with Gasteiger partial charge >= 0.3 is 0 Å². The van der Waals surface area contributed by atoms with Crippen molar-refractivity contribution in [1.29, 1.82) is 0 Å². The molecule has 1 amide bonds. The molecule has 0 aliphatic heterocycles. The Morgan fingerprint density at radius 1 is 1.30 bits per heavy atom. The third-order valence-corrected chi connectivity index (χ3v) is 5.09. The molecule has 3 rings (SSSR count). The molecule has 1 aromatic heterocycles. The number of methoxy groups -OCH3 is 1. The normalized spacial score (nSPS) is 22.2. The summed E-state index contributed by atoms with van der Waals surface area (Å²) in [5.41, 5.74) is 1.68. The number of carbonyl (C=O) groups is 1. The fourth-order valence-electron chi connectivity index (χ4n) is 3.70. The van der Waals surface area contributed by atoms with E-state index in [1.165, 1.54) is 19.3 Å². The van der Waals surface area contributed by atoms with Crippen LogP contribution in [-0.4, -0.2) is 19.1 Å². The molecule has 1 aromatic carbocycles. The van der Waals surface area contributed by atoms with Gasteiger partial charge in [0.15, 0.2) is 0 Å². The summed E-state index contributed by atoms with van der Waals surface area (Å²) in [4.78, 5) is 12.5. The molecule has 0 bridgehead atoms. The van der Waals surface area contributed by atoms with Crippen molar-refractivity contribution in [2.45, 2.75) is 45.6 Å². The van der Waals surface area contributed by atoms with Gasteiger partial charge in [-0.3, -0.25) is 4.79 Å². The Hall–Kier alpha value is -1.97. The highest BCUT2D eigenvalue weighted by Crippen LogP contribution is 2.29. The first-order chi connectivity index (χ1) is 11.1. The van der Waals surface area contributed by atoms with Gasteiger partial charge in [0.25, 0.3) is 0 Å². The van der Waals surface area contributed by atoms with Crippen molar-refractivity contribution in [3.05, 3.63) is 30.0 Å². The van der Waals surface area contributed by atoms with E-state index in [2.05, 4.69) is 19.2 Å². The lowest BCUT2D eigenvalue weighted by Crippen LogP contribution is -2.46. The molecular formula is C19H25NO3. The number of benzene rings is 1. The van der Waals surface area contributed by atoms with E-state index < -0.39 is 0 Å². The van der Waals surface area contributed by atoms with Gasteiger partial charge in [-0.15, -0.1) is 0 Å². The Morgan fingerprint density at radius 3 is 2.74 bits per heavy atom. The molecule has 4 nitrogen and oxygen atoms in total. The van der Waals surface area contributed by atoms with E-state index in [1.807, 2.05) is 18.2 Å². The third kappa shape index (κ3) is 3.36. The van der Waals surface area contributed by atoms with Crippen LogP contribution in [0.15, 0.2) is 28.9 Å². The zero-order valence-corrected chi connectivity index (χ0v) is 14.1. The Labute approximate surface area is 137 Å². The van der Waals surface area contributed by atoms with Crippen molar-refractivity contribution in [1.82, 2.24) is 5.32 Å². The van der Waals surface area contributed by atoms with Gasteiger partial charge in [-0.25, -0.2) is 0 Å². The van der Waals surface area contributed by atoms with E-state index in [0.29, 0.717) is 18.3 Å². The van der Waals surface area contributed by atoms with E-state index >= 15 is 0 Å². The lowest BCUT2D eigenvalue weighted by Gasteiger charge is -2.35. The molecule has 23 heavy (non-hydrogen) atoms. The zero-order chi connectivity index (χ0) is 16.4. The topological polar surface area (TPSA) is 51.5 Å². The van der Waals surface area contributed by atoms with Crippen LogP contribution in [0.25, 0.3) is 11.0 Å². The van der Waals surface area contributed by atoms with Crippen molar-refractivity contribution in [2.24, 2.45) is 11.8 Å². The van der Waals surface area contributed by atoms with Crippen LogP contribution in [0.5, 0.6) is 5.75 Å². The molecule has 1 heterocycles. The van der Waals surface area contributed by atoms with Crippen molar-refractivity contribution < 1.29 is 13.9 Å². The predicted octanol–water partition coefficient (Wildman–Crippen LogP) is 3.92. The summed E-state index contributed by atoms with van der Waals surface area (Å²) < 4.78 is 10.8. The zero-order valence-electron chi connectivity index (χ0n) is 14.1. The lowest BCUT2D eigenvalue weighted by molar-refractivity contribution is -0.122. The summed E-state index contributed by atoms with van der Waals surface area (Å²) in [6, 6.07) is 5.98. The molecule has 124 valence electrons. The summed E-state index contributed by atoms with van der Waals surface area (Å²) in [6.45, 7) is 4.47. The van der Waals surface area contributed by atoms with E-state index in [0.717, 1.165) is 22.3 Å². The molecule has 4 heteroatoms. The summed E-state index contributed by atoms with van der Waals surface area (Å²) in [6.07, 6.45) is 5.70. The largest absolute Gasteiger partial charge is 0.497 e. The molecule has 0 saturated heterocycles. The van der Waals surface area contributed by atoms with E-state index in [1.54, 1.807) is 13.4 Å². The Balaban J connectivity index is 1.70. The van der Waals surface area contributed by atoms with Crippen LogP contribution in [0.4, 0.5) is 0 Å². The Kier molecular flexibility index (Phi) is 4.60. The number of furan rings is 1. The van der Waals surface area contributed by atoms with Crippen molar-refractivity contribution in [2.75, 3.05) is 7.11 Å². The highest BCUT2D eigenvalue weighted by molar-refractivity contribution is 5.88. The molecule has 0 spiro atoms. The van der Waals surface area contributed by atoms with Gasteiger partial charge in [0.2, 0.25) is 5.91 Å². The fourth-order valence-corrected chi connectivity index (χ4v) is 3.70. The van der Waals surface area contributed by atoms with Gasteiger partial charge in [0, 0.05) is 23.1 Å². The molecule has 1 saturated carbocycles. The standard InChI is InChI=1S/C19H25NO3/c1-12-5-4-6-13(2)19(12)20-18(21)9-14-11-23-17-10-15(22-3)7-8-16(14)17/h7-8,10-13,19H,4-6,9H2,1-3H3,(H,20,21)/t12-,13-/m1/s1. The van der Waals surface area contributed by atoms with Crippen LogP contribution in [0.2, 0.25) is 0 Å². The maximum Gasteiger partial charge on any atom is 0.224 e. The average Bonchev–Trinajstić information content (AvgIpc) is 2.93.